The number of hydrogen-bond donors (Lipinski definition) is 1. The third-order valence-electron chi connectivity index (χ3n) is 2.23. The van der Waals surface area contributed by atoms with Gasteiger partial charge in [0.25, 0.3) is 0 Å². The maximum absolute atomic E-state index is 9.10. The summed E-state index contributed by atoms with van der Waals surface area (Å²) in [5.74, 6) is 0. The van der Waals surface area contributed by atoms with Crippen LogP contribution in [0.3, 0.4) is 0 Å². The second-order valence-corrected chi connectivity index (χ2v) is 5.18. The van der Waals surface area contributed by atoms with Crippen molar-refractivity contribution in [2.45, 2.75) is 0 Å². The van der Waals surface area contributed by atoms with Crippen molar-refractivity contribution >= 4 is 43.2 Å². The lowest BCUT2D eigenvalue weighted by Gasteiger charge is -2.09. The number of hydrogen-bond acceptors (Lipinski definition) is 2. The maximum atomic E-state index is 9.10. The predicted molar refractivity (Wildman–Crippen MR) is 76.3 cm³/mol. The maximum Gasteiger partial charge on any atom is 0.103 e. The van der Waals surface area contributed by atoms with Gasteiger partial charge < -0.3 is 5.32 Å². The fourth-order valence-corrected chi connectivity index (χ4v) is 2.32. The molecule has 2 aromatic carbocycles. The van der Waals surface area contributed by atoms with Crippen LogP contribution in [0.5, 0.6) is 0 Å². The molecule has 2 nitrogen and oxygen atoms in total. The van der Waals surface area contributed by atoms with Crippen LogP contribution < -0.4 is 5.32 Å². The molecule has 0 aromatic heterocycles. The molecular weight excluding hydrogens is 344 g/mol. The van der Waals surface area contributed by atoms with Gasteiger partial charge in [-0.25, -0.2) is 0 Å². The first kappa shape index (κ1) is 12.2. The Labute approximate surface area is 117 Å². The fourth-order valence-electron chi connectivity index (χ4n) is 1.46. The van der Waals surface area contributed by atoms with E-state index in [1.165, 1.54) is 0 Å². The molecule has 0 saturated carbocycles. The molecule has 0 heterocycles. The van der Waals surface area contributed by atoms with E-state index < -0.39 is 0 Å². The molecule has 0 aliphatic rings. The minimum Gasteiger partial charge on any atom is -0.354 e. The Morgan fingerprint density at radius 3 is 2.53 bits per heavy atom. The van der Waals surface area contributed by atoms with E-state index in [0.29, 0.717) is 5.56 Å². The number of halogens is 2. The standard InChI is InChI=1S/C13H8Br2N2/c14-9-3-1-4-10(7-9)17-13-6-2-5-12(15)11(13)8-16/h1-7,17H. The number of nitrogens with one attached hydrogen (secondary N) is 1. The normalized spacial score (nSPS) is 9.71. The molecule has 84 valence electrons. The Morgan fingerprint density at radius 2 is 1.82 bits per heavy atom. The number of nitriles is 1. The first-order chi connectivity index (χ1) is 8.20. The van der Waals surface area contributed by atoms with Crippen LogP contribution in [0.25, 0.3) is 0 Å². The smallest absolute Gasteiger partial charge is 0.103 e. The molecule has 0 aliphatic carbocycles. The summed E-state index contributed by atoms with van der Waals surface area (Å²) < 4.78 is 1.79. The van der Waals surface area contributed by atoms with E-state index in [1.807, 2.05) is 42.5 Å². The van der Waals surface area contributed by atoms with Gasteiger partial charge in [0.05, 0.1) is 11.3 Å². The molecule has 0 atom stereocenters. The van der Waals surface area contributed by atoms with Crippen molar-refractivity contribution < 1.29 is 0 Å². The summed E-state index contributed by atoms with van der Waals surface area (Å²) in [5, 5.41) is 12.3. The van der Waals surface area contributed by atoms with E-state index in [2.05, 4.69) is 43.2 Å². The highest BCUT2D eigenvalue weighted by atomic mass is 79.9. The highest BCUT2D eigenvalue weighted by Crippen LogP contribution is 2.27. The van der Waals surface area contributed by atoms with Crippen LogP contribution in [-0.2, 0) is 0 Å². The molecule has 2 aromatic rings. The van der Waals surface area contributed by atoms with Crippen molar-refractivity contribution in [1.29, 1.82) is 5.26 Å². The van der Waals surface area contributed by atoms with Gasteiger partial charge in [-0.1, -0.05) is 28.1 Å². The van der Waals surface area contributed by atoms with Crippen molar-refractivity contribution in [1.82, 2.24) is 0 Å². The second-order valence-electron chi connectivity index (χ2n) is 3.41. The Hall–Kier alpha value is -1.31. The average Bonchev–Trinajstić information content (AvgIpc) is 2.29. The molecule has 4 heteroatoms. The highest BCUT2D eigenvalue weighted by molar-refractivity contribution is 9.10. The molecule has 0 fully saturated rings. The van der Waals surface area contributed by atoms with Crippen LogP contribution in [0, 0.1) is 11.3 Å². The van der Waals surface area contributed by atoms with Gasteiger partial charge in [0.1, 0.15) is 6.07 Å². The van der Waals surface area contributed by atoms with Crippen molar-refractivity contribution in [2.24, 2.45) is 0 Å². The number of rotatable bonds is 2. The lowest BCUT2D eigenvalue weighted by molar-refractivity contribution is 1.44. The molecule has 0 aliphatic heterocycles. The zero-order chi connectivity index (χ0) is 12.3. The van der Waals surface area contributed by atoms with E-state index >= 15 is 0 Å². The Balaban J connectivity index is 2.37. The zero-order valence-electron chi connectivity index (χ0n) is 8.74. The summed E-state index contributed by atoms with van der Waals surface area (Å²) in [5.41, 5.74) is 2.33. The third-order valence-corrected chi connectivity index (χ3v) is 3.38. The van der Waals surface area contributed by atoms with Crippen LogP contribution in [0.4, 0.5) is 11.4 Å². The summed E-state index contributed by atoms with van der Waals surface area (Å²) in [6.07, 6.45) is 0. The van der Waals surface area contributed by atoms with Gasteiger partial charge >= 0.3 is 0 Å². The minimum absolute atomic E-state index is 0.604. The van der Waals surface area contributed by atoms with E-state index in [0.717, 1.165) is 20.3 Å². The number of anilines is 2. The van der Waals surface area contributed by atoms with Crippen LogP contribution >= 0.6 is 31.9 Å². The highest BCUT2D eigenvalue weighted by Gasteiger charge is 2.05. The van der Waals surface area contributed by atoms with Crippen LogP contribution in [0.1, 0.15) is 5.56 Å². The Morgan fingerprint density at radius 1 is 1.06 bits per heavy atom. The summed E-state index contributed by atoms with van der Waals surface area (Å²) in [6, 6.07) is 15.6. The van der Waals surface area contributed by atoms with E-state index in [-0.39, 0.29) is 0 Å². The molecule has 0 bridgehead atoms. The molecular formula is C13H8Br2N2. The summed E-state index contributed by atoms with van der Waals surface area (Å²) in [6.45, 7) is 0. The Bertz CT molecular complexity index is 588. The topological polar surface area (TPSA) is 35.8 Å². The van der Waals surface area contributed by atoms with Gasteiger partial charge in [-0.2, -0.15) is 5.26 Å². The molecule has 0 spiro atoms. The largest absolute Gasteiger partial charge is 0.354 e. The van der Waals surface area contributed by atoms with Gasteiger partial charge in [0, 0.05) is 14.6 Å². The van der Waals surface area contributed by atoms with E-state index in [1.54, 1.807) is 0 Å². The van der Waals surface area contributed by atoms with Crippen LogP contribution in [0.2, 0.25) is 0 Å². The fraction of sp³-hybridized carbons (Fsp3) is 0. The lowest BCUT2D eigenvalue weighted by atomic mass is 10.2. The monoisotopic (exact) mass is 350 g/mol. The van der Waals surface area contributed by atoms with Gasteiger partial charge in [-0.15, -0.1) is 0 Å². The molecule has 0 radical (unpaired) electrons. The first-order valence-electron chi connectivity index (χ1n) is 4.92. The molecule has 0 saturated heterocycles. The predicted octanol–water partition coefficient (Wildman–Crippen LogP) is 4.83. The van der Waals surface area contributed by atoms with E-state index in [4.69, 9.17) is 5.26 Å². The van der Waals surface area contributed by atoms with Crippen LogP contribution in [0.15, 0.2) is 51.4 Å². The molecule has 17 heavy (non-hydrogen) atoms. The average molecular weight is 352 g/mol. The van der Waals surface area contributed by atoms with Gasteiger partial charge in [0.2, 0.25) is 0 Å². The van der Waals surface area contributed by atoms with Crippen LogP contribution in [-0.4, -0.2) is 0 Å². The molecule has 2 rings (SSSR count). The minimum atomic E-state index is 0.604. The van der Waals surface area contributed by atoms with Crippen molar-refractivity contribution in [3.63, 3.8) is 0 Å². The quantitative estimate of drug-likeness (QED) is 0.841. The SMILES string of the molecule is N#Cc1c(Br)cccc1Nc1cccc(Br)c1. The lowest BCUT2D eigenvalue weighted by Crippen LogP contribution is -1.94. The third kappa shape index (κ3) is 2.87. The first-order valence-corrected chi connectivity index (χ1v) is 6.50. The number of nitrogens with zero attached hydrogens (tertiary/aromatic N) is 1. The van der Waals surface area contributed by atoms with Crippen molar-refractivity contribution in [3.05, 3.63) is 57.0 Å². The van der Waals surface area contributed by atoms with Gasteiger partial charge in [-0.3, -0.25) is 0 Å². The molecule has 1 N–H and O–H groups in total. The van der Waals surface area contributed by atoms with Crippen molar-refractivity contribution in [2.75, 3.05) is 5.32 Å². The molecule has 0 amide bonds. The number of benzene rings is 2. The molecule has 0 unspecified atom stereocenters. The summed E-state index contributed by atoms with van der Waals surface area (Å²) in [7, 11) is 0. The van der Waals surface area contributed by atoms with E-state index in [9.17, 15) is 0 Å². The van der Waals surface area contributed by atoms with Crippen molar-refractivity contribution in [3.8, 4) is 6.07 Å². The van der Waals surface area contributed by atoms with Gasteiger partial charge in [-0.05, 0) is 46.3 Å². The summed E-state index contributed by atoms with van der Waals surface area (Å²) >= 11 is 6.77. The zero-order valence-corrected chi connectivity index (χ0v) is 11.9. The van der Waals surface area contributed by atoms with Gasteiger partial charge in [0.15, 0.2) is 0 Å². The Kier molecular flexibility index (Phi) is 3.82. The summed E-state index contributed by atoms with van der Waals surface area (Å²) in [4.78, 5) is 0. The second kappa shape index (κ2) is 5.35.